The third-order valence-corrected chi connectivity index (χ3v) is 4.55. The van der Waals surface area contributed by atoms with Crippen LogP contribution in [-0.4, -0.2) is 48.5 Å². The minimum Gasteiger partial charge on any atom is -0.493 e. The summed E-state index contributed by atoms with van der Waals surface area (Å²) >= 11 is 6.33. The zero-order valence-corrected chi connectivity index (χ0v) is 15.2. The zero-order chi connectivity index (χ0) is 17.7. The molecule has 0 saturated carbocycles. The Balaban J connectivity index is 2.21. The molecule has 0 radical (unpaired) electrons. The second-order valence-electron chi connectivity index (χ2n) is 4.69. The van der Waals surface area contributed by atoms with E-state index in [-0.39, 0.29) is 19.1 Å². The average molecular weight is 367 g/mol. The summed E-state index contributed by atoms with van der Waals surface area (Å²) in [5.41, 5.74) is 0.768. The van der Waals surface area contributed by atoms with Gasteiger partial charge in [0.2, 0.25) is 0 Å². The molecular formula is C16H17NO5S2. The Morgan fingerprint density at radius 1 is 1.29 bits per heavy atom. The standard InChI is InChI=1S/C16H17NO5S2/c1-4-22-14(18)9-17-15(19)13(24-16(17)23)8-10-5-6-11(20-2)12(7-10)21-3/h5-8H,4,9H2,1-3H3/b13-8+. The normalized spacial score (nSPS) is 15.8. The van der Waals surface area contributed by atoms with E-state index in [0.29, 0.717) is 20.7 Å². The van der Waals surface area contributed by atoms with Crippen molar-refractivity contribution in [3.8, 4) is 11.5 Å². The Hall–Kier alpha value is -2.06. The third kappa shape index (κ3) is 4.07. The molecule has 1 saturated heterocycles. The number of methoxy groups -OCH3 is 2. The fraction of sp³-hybridized carbons (Fsp3) is 0.312. The van der Waals surface area contributed by atoms with Crippen LogP contribution in [0.15, 0.2) is 23.1 Å². The molecule has 0 spiro atoms. The molecule has 1 fully saturated rings. The van der Waals surface area contributed by atoms with E-state index in [9.17, 15) is 9.59 Å². The van der Waals surface area contributed by atoms with Crippen molar-refractivity contribution in [1.29, 1.82) is 0 Å². The maximum Gasteiger partial charge on any atom is 0.326 e. The van der Waals surface area contributed by atoms with Crippen LogP contribution in [0.25, 0.3) is 6.08 Å². The predicted molar refractivity (Wildman–Crippen MR) is 96.1 cm³/mol. The van der Waals surface area contributed by atoms with Gasteiger partial charge >= 0.3 is 5.97 Å². The van der Waals surface area contributed by atoms with Gasteiger partial charge in [0.25, 0.3) is 5.91 Å². The van der Waals surface area contributed by atoms with Crippen LogP contribution in [0.4, 0.5) is 0 Å². The number of ether oxygens (including phenoxy) is 3. The number of carbonyl (C=O) groups is 2. The van der Waals surface area contributed by atoms with Crippen LogP contribution in [-0.2, 0) is 14.3 Å². The first-order chi connectivity index (χ1) is 11.5. The molecule has 0 unspecified atom stereocenters. The van der Waals surface area contributed by atoms with Crippen LogP contribution in [0.1, 0.15) is 12.5 Å². The van der Waals surface area contributed by atoms with Crippen LogP contribution in [0.5, 0.6) is 11.5 Å². The molecule has 8 heteroatoms. The lowest BCUT2D eigenvalue weighted by atomic mass is 10.2. The number of carbonyl (C=O) groups excluding carboxylic acids is 2. The van der Waals surface area contributed by atoms with E-state index >= 15 is 0 Å². The van der Waals surface area contributed by atoms with E-state index in [1.54, 1.807) is 45.4 Å². The quantitative estimate of drug-likeness (QED) is 0.435. The summed E-state index contributed by atoms with van der Waals surface area (Å²) in [5.74, 6) is 0.367. The summed E-state index contributed by atoms with van der Waals surface area (Å²) in [6.45, 7) is 1.79. The summed E-state index contributed by atoms with van der Waals surface area (Å²) in [6, 6.07) is 5.32. The Labute approximate surface area is 149 Å². The molecule has 1 aromatic carbocycles. The van der Waals surface area contributed by atoms with Crippen molar-refractivity contribution in [2.75, 3.05) is 27.4 Å². The van der Waals surface area contributed by atoms with Crippen molar-refractivity contribution in [3.63, 3.8) is 0 Å². The summed E-state index contributed by atoms with van der Waals surface area (Å²) in [7, 11) is 3.10. The highest BCUT2D eigenvalue weighted by Crippen LogP contribution is 2.34. The van der Waals surface area contributed by atoms with Crippen LogP contribution in [0.3, 0.4) is 0 Å². The molecule has 2 rings (SSSR count). The topological polar surface area (TPSA) is 65.1 Å². The van der Waals surface area contributed by atoms with E-state index in [2.05, 4.69) is 0 Å². The van der Waals surface area contributed by atoms with Crippen molar-refractivity contribution < 1.29 is 23.8 Å². The predicted octanol–water partition coefficient (Wildman–Crippen LogP) is 2.47. The molecule has 0 atom stereocenters. The fourth-order valence-corrected chi connectivity index (χ4v) is 3.32. The van der Waals surface area contributed by atoms with E-state index < -0.39 is 5.97 Å². The third-order valence-electron chi connectivity index (χ3n) is 3.17. The monoisotopic (exact) mass is 367 g/mol. The first kappa shape index (κ1) is 18.3. The molecule has 0 aromatic heterocycles. The lowest BCUT2D eigenvalue weighted by Crippen LogP contribution is -2.34. The Kier molecular flexibility index (Phi) is 6.22. The molecule has 6 nitrogen and oxygen atoms in total. The molecule has 1 aromatic rings. The number of rotatable bonds is 6. The SMILES string of the molecule is CCOC(=O)CN1C(=O)/C(=C\c2ccc(OC)c(OC)c2)SC1=S. The van der Waals surface area contributed by atoms with Gasteiger partial charge in [-0.2, -0.15) is 0 Å². The van der Waals surface area contributed by atoms with Gasteiger partial charge < -0.3 is 14.2 Å². The smallest absolute Gasteiger partial charge is 0.326 e. The molecule has 1 aliphatic rings. The van der Waals surface area contributed by atoms with Gasteiger partial charge in [0, 0.05) is 0 Å². The van der Waals surface area contributed by atoms with Crippen molar-refractivity contribution >= 4 is 46.3 Å². The zero-order valence-electron chi connectivity index (χ0n) is 13.5. The summed E-state index contributed by atoms with van der Waals surface area (Å²) in [5, 5.41) is 0. The molecular weight excluding hydrogens is 350 g/mol. The molecule has 1 aliphatic heterocycles. The van der Waals surface area contributed by atoms with E-state index in [4.69, 9.17) is 26.4 Å². The highest BCUT2D eigenvalue weighted by atomic mass is 32.2. The summed E-state index contributed by atoms with van der Waals surface area (Å²) in [6.07, 6.45) is 1.70. The van der Waals surface area contributed by atoms with Gasteiger partial charge in [-0.25, -0.2) is 0 Å². The van der Waals surface area contributed by atoms with Crippen LogP contribution >= 0.6 is 24.0 Å². The van der Waals surface area contributed by atoms with Crippen molar-refractivity contribution in [1.82, 2.24) is 4.90 Å². The van der Waals surface area contributed by atoms with E-state index in [1.807, 2.05) is 0 Å². The van der Waals surface area contributed by atoms with Crippen molar-refractivity contribution in [2.24, 2.45) is 0 Å². The molecule has 0 aliphatic carbocycles. The number of benzene rings is 1. The van der Waals surface area contributed by atoms with Crippen LogP contribution < -0.4 is 9.47 Å². The van der Waals surface area contributed by atoms with Gasteiger partial charge in [0.1, 0.15) is 10.9 Å². The van der Waals surface area contributed by atoms with Gasteiger partial charge in [-0.3, -0.25) is 14.5 Å². The van der Waals surface area contributed by atoms with Gasteiger partial charge in [-0.05, 0) is 30.7 Å². The van der Waals surface area contributed by atoms with Gasteiger partial charge in [0.15, 0.2) is 11.5 Å². The highest BCUT2D eigenvalue weighted by Gasteiger charge is 2.33. The maximum absolute atomic E-state index is 12.4. The average Bonchev–Trinajstić information content (AvgIpc) is 2.82. The minimum absolute atomic E-state index is 0.179. The van der Waals surface area contributed by atoms with Crippen molar-refractivity contribution in [2.45, 2.75) is 6.92 Å². The number of nitrogens with zero attached hydrogens (tertiary/aromatic N) is 1. The lowest BCUT2D eigenvalue weighted by molar-refractivity contribution is -0.145. The molecule has 0 N–H and O–H groups in total. The largest absolute Gasteiger partial charge is 0.493 e. The maximum atomic E-state index is 12.4. The Morgan fingerprint density at radius 3 is 2.62 bits per heavy atom. The molecule has 0 bridgehead atoms. The number of thioether (sulfide) groups is 1. The second-order valence-corrected chi connectivity index (χ2v) is 6.36. The minimum atomic E-state index is -0.485. The fourth-order valence-electron chi connectivity index (χ4n) is 2.07. The first-order valence-corrected chi connectivity index (χ1v) is 8.35. The Morgan fingerprint density at radius 2 is 2.00 bits per heavy atom. The van der Waals surface area contributed by atoms with Crippen LogP contribution in [0, 0.1) is 0 Å². The number of thiocarbonyl (C=S) groups is 1. The van der Waals surface area contributed by atoms with Crippen molar-refractivity contribution in [3.05, 3.63) is 28.7 Å². The van der Waals surface area contributed by atoms with Crippen LogP contribution in [0.2, 0.25) is 0 Å². The second kappa shape index (κ2) is 8.16. The number of hydrogen-bond donors (Lipinski definition) is 0. The lowest BCUT2D eigenvalue weighted by Gasteiger charge is -2.12. The molecule has 128 valence electrons. The number of hydrogen-bond acceptors (Lipinski definition) is 7. The summed E-state index contributed by atoms with van der Waals surface area (Å²) in [4.78, 5) is 25.7. The van der Waals surface area contributed by atoms with Gasteiger partial charge in [0.05, 0.1) is 25.7 Å². The number of esters is 1. The summed E-state index contributed by atoms with van der Waals surface area (Å²) < 4.78 is 15.6. The molecule has 24 heavy (non-hydrogen) atoms. The Bertz CT molecular complexity index is 702. The van der Waals surface area contributed by atoms with Gasteiger partial charge in [-0.1, -0.05) is 30.0 Å². The van der Waals surface area contributed by atoms with E-state index in [1.165, 1.54) is 4.90 Å². The van der Waals surface area contributed by atoms with Gasteiger partial charge in [-0.15, -0.1) is 0 Å². The molecule has 1 heterocycles. The first-order valence-electron chi connectivity index (χ1n) is 7.13. The van der Waals surface area contributed by atoms with E-state index in [0.717, 1.165) is 17.3 Å². The highest BCUT2D eigenvalue weighted by molar-refractivity contribution is 8.26. The molecule has 1 amide bonds. The number of amides is 1.